The lowest BCUT2D eigenvalue weighted by Crippen LogP contribution is -2.32. The molecule has 3 heteroatoms. The molecule has 0 amide bonds. The molecule has 0 N–H and O–H groups in total. The Balaban J connectivity index is 1.99. The first-order chi connectivity index (χ1) is 7.45. The molecular weight excluding hydrogens is 206 g/mol. The molecule has 0 unspecified atom stereocenters. The van der Waals surface area contributed by atoms with E-state index in [1.807, 2.05) is 0 Å². The maximum absolute atomic E-state index is 5.66. The number of ether oxygens (including phenoxy) is 1. The molecule has 2 aliphatic rings. The molecule has 1 aromatic heterocycles. The Morgan fingerprint density at radius 1 is 1.40 bits per heavy atom. The highest BCUT2D eigenvalue weighted by atomic mass is 32.1. The zero-order valence-corrected chi connectivity index (χ0v) is 9.30. The highest BCUT2D eigenvalue weighted by Gasteiger charge is 2.22. The summed E-state index contributed by atoms with van der Waals surface area (Å²) in [6.07, 6.45) is 6.53. The maximum Gasteiger partial charge on any atom is 0.138 e. The Kier molecular flexibility index (Phi) is 2.25. The molecule has 2 nitrogen and oxygen atoms in total. The average molecular weight is 219 g/mol. The van der Waals surface area contributed by atoms with E-state index >= 15 is 0 Å². The van der Waals surface area contributed by atoms with E-state index in [9.17, 15) is 0 Å². The van der Waals surface area contributed by atoms with Gasteiger partial charge in [0.25, 0.3) is 0 Å². The van der Waals surface area contributed by atoms with E-state index in [4.69, 9.17) is 4.74 Å². The van der Waals surface area contributed by atoms with Crippen LogP contribution in [0.2, 0.25) is 0 Å². The summed E-state index contributed by atoms with van der Waals surface area (Å²) in [7, 11) is 0. The van der Waals surface area contributed by atoms with Crippen LogP contribution < -0.4 is 4.90 Å². The lowest BCUT2D eigenvalue weighted by Gasteiger charge is -2.33. The molecule has 15 heavy (non-hydrogen) atoms. The van der Waals surface area contributed by atoms with Crippen molar-refractivity contribution < 1.29 is 4.74 Å². The van der Waals surface area contributed by atoms with Gasteiger partial charge in [-0.25, -0.2) is 0 Å². The van der Waals surface area contributed by atoms with Gasteiger partial charge in [0.05, 0.1) is 17.9 Å². The Morgan fingerprint density at radius 2 is 2.40 bits per heavy atom. The van der Waals surface area contributed by atoms with Crippen molar-refractivity contribution >= 4 is 17.0 Å². The molecular formula is C12H13NOS. The van der Waals surface area contributed by atoms with E-state index in [0.717, 1.165) is 31.8 Å². The number of hydrogen-bond acceptors (Lipinski definition) is 3. The van der Waals surface area contributed by atoms with Crippen LogP contribution in [-0.4, -0.2) is 13.2 Å². The van der Waals surface area contributed by atoms with Gasteiger partial charge in [0.15, 0.2) is 0 Å². The first kappa shape index (κ1) is 9.04. The fraction of sp³-hybridized carbons (Fsp3) is 0.333. The Hall–Kier alpha value is -1.22. The van der Waals surface area contributed by atoms with Gasteiger partial charge in [0.1, 0.15) is 12.4 Å². The van der Waals surface area contributed by atoms with E-state index in [1.165, 1.54) is 11.4 Å². The maximum atomic E-state index is 5.66. The second kappa shape index (κ2) is 3.74. The molecule has 1 aliphatic carbocycles. The predicted octanol–water partition coefficient (Wildman–Crippen LogP) is 3.15. The normalized spacial score (nSPS) is 20.1. The standard InChI is InChI=1S/C12H13NOS/c1-2-4-12-11(3-1)13(6-7-14-12)10-5-8-15-9-10/h2,4-5,8-9H,1,3,6-7H2. The third-order valence-corrected chi connectivity index (χ3v) is 3.49. The van der Waals surface area contributed by atoms with Gasteiger partial charge in [-0.05, 0) is 30.4 Å². The average Bonchev–Trinajstić information content (AvgIpc) is 2.82. The summed E-state index contributed by atoms with van der Waals surface area (Å²) < 4.78 is 5.66. The van der Waals surface area contributed by atoms with Gasteiger partial charge in [-0.1, -0.05) is 6.08 Å². The number of hydrogen-bond donors (Lipinski definition) is 0. The SMILES string of the molecule is C1=CC2=C(CC1)N(c1ccsc1)CCO2. The third kappa shape index (κ3) is 1.57. The fourth-order valence-corrected chi connectivity index (χ4v) is 2.75. The largest absolute Gasteiger partial charge is 0.490 e. The van der Waals surface area contributed by atoms with Crippen molar-refractivity contribution in [2.75, 3.05) is 18.1 Å². The van der Waals surface area contributed by atoms with Crippen LogP contribution in [0.4, 0.5) is 5.69 Å². The summed E-state index contributed by atoms with van der Waals surface area (Å²) in [4.78, 5) is 2.39. The Labute approximate surface area is 93.5 Å². The minimum Gasteiger partial charge on any atom is -0.490 e. The van der Waals surface area contributed by atoms with Crippen molar-refractivity contribution in [3.05, 3.63) is 40.4 Å². The molecule has 0 spiro atoms. The van der Waals surface area contributed by atoms with Crippen LogP contribution in [0.3, 0.4) is 0 Å². The minimum atomic E-state index is 0.791. The van der Waals surface area contributed by atoms with Crippen LogP contribution in [0, 0.1) is 0 Å². The van der Waals surface area contributed by atoms with Crippen molar-refractivity contribution in [1.82, 2.24) is 0 Å². The zero-order chi connectivity index (χ0) is 10.1. The van der Waals surface area contributed by atoms with E-state index in [-0.39, 0.29) is 0 Å². The number of allylic oxidation sites excluding steroid dienone is 3. The smallest absolute Gasteiger partial charge is 0.138 e. The second-order valence-corrected chi connectivity index (χ2v) is 4.51. The van der Waals surface area contributed by atoms with Gasteiger partial charge >= 0.3 is 0 Å². The molecule has 0 saturated carbocycles. The highest BCUT2D eigenvalue weighted by molar-refractivity contribution is 7.08. The molecule has 0 radical (unpaired) electrons. The zero-order valence-electron chi connectivity index (χ0n) is 8.48. The summed E-state index contributed by atoms with van der Waals surface area (Å²) in [5.74, 6) is 1.07. The number of rotatable bonds is 1. The molecule has 3 rings (SSSR count). The first-order valence-electron chi connectivity index (χ1n) is 5.27. The van der Waals surface area contributed by atoms with E-state index in [2.05, 4.69) is 33.9 Å². The molecule has 1 aliphatic heterocycles. The van der Waals surface area contributed by atoms with E-state index < -0.39 is 0 Å². The van der Waals surface area contributed by atoms with Gasteiger partial charge in [0.2, 0.25) is 0 Å². The van der Waals surface area contributed by atoms with Crippen LogP contribution in [0.1, 0.15) is 12.8 Å². The van der Waals surface area contributed by atoms with Gasteiger partial charge in [-0.15, -0.1) is 0 Å². The molecule has 0 saturated heterocycles. The topological polar surface area (TPSA) is 12.5 Å². The summed E-state index contributed by atoms with van der Waals surface area (Å²) in [6.45, 7) is 1.77. The van der Waals surface area contributed by atoms with Gasteiger partial charge in [-0.2, -0.15) is 11.3 Å². The molecule has 0 aromatic carbocycles. The third-order valence-electron chi connectivity index (χ3n) is 2.82. The lowest BCUT2D eigenvalue weighted by molar-refractivity contribution is 0.210. The molecule has 0 fully saturated rings. The number of nitrogens with zero attached hydrogens (tertiary/aromatic N) is 1. The molecule has 2 heterocycles. The summed E-state index contributed by atoms with van der Waals surface area (Å²) in [6, 6.07) is 2.18. The fourth-order valence-electron chi connectivity index (χ4n) is 2.11. The van der Waals surface area contributed by atoms with Crippen LogP contribution in [0.15, 0.2) is 40.4 Å². The minimum absolute atomic E-state index is 0.791. The van der Waals surface area contributed by atoms with Crippen LogP contribution in [0.5, 0.6) is 0 Å². The van der Waals surface area contributed by atoms with Crippen molar-refractivity contribution in [3.63, 3.8) is 0 Å². The molecule has 0 atom stereocenters. The van der Waals surface area contributed by atoms with Crippen molar-refractivity contribution in [2.24, 2.45) is 0 Å². The summed E-state index contributed by atoms with van der Waals surface area (Å²) >= 11 is 1.75. The quantitative estimate of drug-likeness (QED) is 0.719. The van der Waals surface area contributed by atoms with Crippen molar-refractivity contribution in [3.8, 4) is 0 Å². The van der Waals surface area contributed by atoms with Gasteiger partial charge in [0, 0.05) is 5.38 Å². The summed E-state index contributed by atoms with van der Waals surface area (Å²) in [5.41, 5.74) is 2.66. The predicted molar refractivity (Wildman–Crippen MR) is 63.0 cm³/mol. The van der Waals surface area contributed by atoms with Crippen LogP contribution in [0.25, 0.3) is 0 Å². The Morgan fingerprint density at radius 3 is 3.27 bits per heavy atom. The van der Waals surface area contributed by atoms with Gasteiger partial charge in [-0.3, -0.25) is 0 Å². The van der Waals surface area contributed by atoms with Gasteiger partial charge < -0.3 is 9.64 Å². The van der Waals surface area contributed by atoms with Crippen LogP contribution >= 0.6 is 11.3 Å². The molecule has 78 valence electrons. The summed E-state index contributed by atoms with van der Waals surface area (Å²) in [5, 5.41) is 4.33. The number of anilines is 1. The first-order valence-corrected chi connectivity index (χ1v) is 6.21. The lowest BCUT2D eigenvalue weighted by atomic mass is 10.1. The van der Waals surface area contributed by atoms with E-state index in [0.29, 0.717) is 0 Å². The van der Waals surface area contributed by atoms with Crippen molar-refractivity contribution in [1.29, 1.82) is 0 Å². The molecule has 1 aromatic rings. The second-order valence-electron chi connectivity index (χ2n) is 3.73. The Bertz CT molecular complexity index is 405. The van der Waals surface area contributed by atoms with E-state index in [1.54, 1.807) is 11.3 Å². The van der Waals surface area contributed by atoms with Crippen LogP contribution in [-0.2, 0) is 4.74 Å². The highest BCUT2D eigenvalue weighted by Crippen LogP contribution is 2.31. The monoisotopic (exact) mass is 219 g/mol. The molecule has 0 bridgehead atoms. The van der Waals surface area contributed by atoms with Crippen molar-refractivity contribution in [2.45, 2.75) is 12.8 Å². The number of thiophene rings is 1.